The third kappa shape index (κ3) is 3.29. The first-order chi connectivity index (χ1) is 14.3. The fourth-order valence-corrected chi connectivity index (χ4v) is 3.15. The van der Waals surface area contributed by atoms with E-state index in [0.29, 0.717) is 22.9 Å². The maximum absolute atomic E-state index is 12.9. The number of carbonyl (C=O) groups is 1. The number of anilines is 1. The predicted molar refractivity (Wildman–Crippen MR) is 107 cm³/mol. The van der Waals surface area contributed by atoms with Crippen LogP contribution in [0.5, 0.6) is 11.5 Å². The van der Waals surface area contributed by atoms with Crippen LogP contribution in [-0.2, 0) is 0 Å². The monoisotopic (exact) mass is 384 g/mol. The van der Waals surface area contributed by atoms with E-state index in [9.17, 15) is 4.79 Å². The zero-order valence-electron chi connectivity index (χ0n) is 15.3. The summed E-state index contributed by atoms with van der Waals surface area (Å²) in [5.74, 6) is 0.951. The second-order valence-corrected chi connectivity index (χ2v) is 6.43. The molecule has 3 heterocycles. The van der Waals surface area contributed by atoms with Crippen LogP contribution in [0, 0.1) is 0 Å². The average molecular weight is 384 g/mol. The molecule has 1 aliphatic rings. The van der Waals surface area contributed by atoms with Crippen molar-refractivity contribution >= 4 is 11.6 Å². The SMILES string of the molecule is O=C(Nc1ccc2c(c1)OCO2)c1cc(-c2cccnc2)n(-c2ccccc2)n1. The number of amides is 1. The fraction of sp³-hybridized carbons (Fsp3) is 0.0455. The van der Waals surface area contributed by atoms with Crippen LogP contribution in [0.4, 0.5) is 5.69 Å². The highest BCUT2D eigenvalue weighted by Crippen LogP contribution is 2.34. The van der Waals surface area contributed by atoms with E-state index in [0.717, 1.165) is 16.9 Å². The van der Waals surface area contributed by atoms with Crippen molar-refractivity contribution in [3.05, 3.63) is 84.8 Å². The summed E-state index contributed by atoms with van der Waals surface area (Å²) < 4.78 is 12.4. The van der Waals surface area contributed by atoms with Gasteiger partial charge in [-0.2, -0.15) is 5.10 Å². The van der Waals surface area contributed by atoms with Gasteiger partial charge in [0.1, 0.15) is 0 Å². The van der Waals surface area contributed by atoms with Crippen molar-refractivity contribution < 1.29 is 14.3 Å². The normalized spacial score (nSPS) is 12.0. The number of rotatable bonds is 4. The minimum absolute atomic E-state index is 0.183. The summed E-state index contributed by atoms with van der Waals surface area (Å²) in [7, 11) is 0. The van der Waals surface area contributed by atoms with Crippen LogP contribution in [0.15, 0.2) is 79.1 Å². The first kappa shape index (κ1) is 17.0. The number of nitrogens with one attached hydrogen (secondary N) is 1. The summed E-state index contributed by atoms with van der Waals surface area (Å²) in [5, 5.41) is 7.41. The van der Waals surface area contributed by atoms with Crippen LogP contribution >= 0.6 is 0 Å². The Bertz CT molecular complexity index is 1120. The number of ether oxygens (including phenoxy) is 2. The largest absolute Gasteiger partial charge is 0.454 e. The minimum Gasteiger partial charge on any atom is -0.454 e. The van der Waals surface area contributed by atoms with E-state index in [1.165, 1.54) is 0 Å². The molecule has 2 aromatic heterocycles. The van der Waals surface area contributed by atoms with Gasteiger partial charge in [-0.1, -0.05) is 18.2 Å². The number of nitrogens with zero attached hydrogens (tertiary/aromatic N) is 3. The molecule has 142 valence electrons. The Morgan fingerprint density at radius 3 is 2.66 bits per heavy atom. The zero-order valence-corrected chi connectivity index (χ0v) is 15.3. The van der Waals surface area contributed by atoms with Gasteiger partial charge in [0.25, 0.3) is 5.91 Å². The molecule has 7 nitrogen and oxygen atoms in total. The zero-order chi connectivity index (χ0) is 19.6. The van der Waals surface area contributed by atoms with E-state index in [1.54, 1.807) is 41.3 Å². The maximum Gasteiger partial charge on any atom is 0.276 e. The molecule has 1 N–H and O–H groups in total. The highest BCUT2D eigenvalue weighted by atomic mass is 16.7. The number of fused-ring (bicyclic) bond motifs is 1. The lowest BCUT2D eigenvalue weighted by Crippen LogP contribution is -2.13. The van der Waals surface area contributed by atoms with Gasteiger partial charge in [0.05, 0.1) is 11.4 Å². The number of aromatic nitrogens is 3. The summed E-state index contributed by atoms with van der Waals surface area (Å²) in [6, 6.07) is 20.5. The predicted octanol–water partition coefficient (Wildman–Crippen LogP) is 3.92. The van der Waals surface area contributed by atoms with Crippen molar-refractivity contribution in [3.63, 3.8) is 0 Å². The van der Waals surface area contributed by atoms with Gasteiger partial charge in [-0.3, -0.25) is 9.78 Å². The molecule has 0 unspecified atom stereocenters. The smallest absolute Gasteiger partial charge is 0.276 e. The van der Waals surface area contributed by atoms with Crippen LogP contribution in [0.25, 0.3) is 16.9 Å². The summed E-state index contributed by atoms with van der Waals surface area (Å²) in [6.07, 6.45) is 3.45. The summed E-state index contributed by atoms with van der Waals surface area (Å²) in [4.78, 5) is 17.1. The molecule has 0 saturated heterocycles. The van der Waals surface area contributed by atoms with Crippen LogP contribution in [0.3, 0.4) is 0 Å². The summed E-state index contributed by atoms with van der Waals surface area (Å²) in [5.41, 5.74) is 3.40. The van der Waals surface area contributed by atoms with Crippen molar-refractivity contribution in [3.8, 4) is 28.4 Å². The van der Waals surface area contributed by atoms with E-state index in [-0.39, 0.29) is 12.7 Å². The van der Waals surface area contributed by atoms with Gasteiger partial charge in [0, 0.05) is 29.7 Å². The third-order valence-electron chi connectivity index (χ3n) is 4.53. The molecule has 2 aromatic carbocycles. The molecule has 0 radical (unpaired) electrons. The standard InChI is InChI=1S/C22H16N4O3/c27-22(24-16-8-9-20-21(11-16)29-14-28-20)18-12-19(15-5-4-10-23-13-15)26(25-18)17-6-2-1-3-7-17/h1-13H,14H2,(H,24,27). The molecule has 0 spiro atoms. The quantitative estimate of drug-likeness (QED) is 0.577. The van der Waals surface area contributed by atoms with Gasteiger partial charge in [0.15, 0.2) is 17.2 Å². The number of pyridine rings is 1. The lowest BCUT2D eigenvalue weighted by molar-refractivity contribution is 0.102. The maximum atomic E-state index is 12.9. The van der Waals surface area contributed by atoms with Gasteiger partial charge in [0.2, 0.25) is 6.79 Å². The lowest BCUT2D eigenvalue weighted by Gasteiger charge is -2.06. The number of carbonyl (C=O) groups excluding carboxylic acids is 1. The Kier molecular flexibility index (Phi) is 4.18. The third-order valence-corrected chi connectivity index (χ3v) is 4.53. The lowest BCUT2D eigenvalue weighted by atomic mass is 10.2. The highest BCUT2D eigenvalue weighted by molar-refractivity contribution is 6.03. The Labute approximate surface area is 166 Å². The minimum atomic E-state index is -0.316. The molecule has 4 aromatic rings. The Morgan fingerprint density at radius 2 is 1.83 bits per heavy atom. The second kappa shape index (κ2) is 7.12. The number of hydrogen-bond donors (Lipinski definition) is 1. The number of para-hydroxylation sites is 1. The molecule has 0 fully saturated rings. The summed E-state index contributed by atoms with van der Waals surface area (Å²) in [6.45, 7) is 0.183. The molecule has 0 bridgehead atoms. The first-order valence-electron chi connectivity index (χ1n) is 9.05. The molecular formula is C22H16N4O3. The van der Waals surface area contributed by atoms with E-state index in [2.05, 4.69) is 15.4 Å². The second-order valence-electron chi connectivity index (χ2n) is 6.43. The molecule has 1 amide bonds. The van der Waals surface area contributed by atoms with Crippen LogP contribution in [0.2, 0.25) is 0 Å². The van der Waals surface area contributed by atoms with Gasteiger partial charge >= 0.3 is 0 Å². The highest BCUT2D eigenvalue weighted by Gasteiger charge is 2.19. The first-order valence-corrected chi connectivity index (χ1v) is 9.05. The number of benzene rings is 2. The van der Waals surface area contributed by atoms with E-state index in [4.69, 9.17) is 9.47 Å². The Balaban J connectivity index is 1.50. The molecule has 7 heteroatoms. The van der Waals surface area contributed by atoms with Crippen molar-refractivity contribution in [2.24, 2.45) is 0 Å². The van der Waals surface area contributed by atoms with Gasteiger partial charge in [-0.15, -0.1) is 0 Å². The van der Waals surface area contributed by atoms with Crippen LogP contribution in [0.1, 0.15) is 10.5 Å². The van der Waals surface area contributed by atoms with E-state index in [1.807, 2.05) is 42.5 Å². The molecule has 0 aliphatic carbocycles. The molecule has 0 saturated carbocycles. The number of hydrogen-bond acceptors (Lipinski definition) is 5. The molecule has 0 atom stereocenters. The van der Waals surface area contributed by atoms with Crippen molar-refractivity contribution in [2.45, 2.75) is 0 Å². The van der Waals surface area contributed by atoms with E-state index < -0.39 is 0 Å². The van der Waals surface area contributed by atoms with Crippen LogP contribution in [-0.4, -0.2) is 27.5 Å². The van der Waals surface area contributed by atoms with Crippen molar-refractivity contribution in [2.75, 3.05) is 12.1 Å². The van der Waals surface area contributed by atoms with Gasteiger partial charge in [-0.05, 0) is 42.5 Å². The molecule has 5 rings (SSSR count). The van der Waals surface area contributed by atoms with Crippen LogP contribution < -0.4 is 14.8 Å². The fourth-order valence-electron chi connectivity index (χ4n) is 3.15. The van der Waals surface area contributed by atoms with E-state index >= 15 is 0 Å². The Morgan fingerprint density at radius 1 is 0.966 bits per heavy atom. The Hall–Kier alpha value is -4.13. The molecule has 29 heavy (non-hydrogen) atoms. The van der Waals surface area contributed by atoms with Crippen molar-refractivity contribution in [1.29, 1.82) is 0 Å². The summed E-state index contributed by atoms with van der Waals surface area (Å²) >= 11 is 0. The molecular weight excluding hydrogens is 368 g/mol. The van der Waals surface area contributed by atoms with Gasteiger partial charge < -0.3 is 14.8 Å². The topological polar surface area (TPSA) is 78.3 Å². The van der Waals surface area contributed by atoms with Crippen molar-refractivity contribution in [1.82, 2.24) is 14.8 Å². The average Bonchev–Trinajstić information content (AvgIpc) is 3.42. The van der Waals surface area contributed by atoms with Gasteiger partial charge in [-0.25, -0.2) is 4.68 Å². The molecule has 1 aliphatic heterocycles.